The minimum atomic E-state index is -0.529. The van der Waals surface area contributed by atoms with Crippen LogP contribution >= 0.6 is 47.8 Å². The predicted molar refractivity (Wildman–Crippen MR) is 79.7 cm³/mol. The molecule has 0 saturated carbocycles. The molecule has 0 atom stereocenters. The van der Waals surface area contributed by atoms with E-state index in [-0.39, 0.29) is 0 Å². The molecule has 98 valence electrons. The molecule has 4 nitrogen and oxygen atoms in total. The normalized spacial score (nSPS) is 12.0. The molecule has 0 unspecified atom stereocenters. The molecule has 0 bridgehead atoms. The van der Waals surface area contributed by atoms with Crippen molar-refractivity contribution < 1.29 is 0 Å². The zero-order chi connectivity index (χ0) is 12.7. The van der Waals surface area contributed by atoms with Crippen molar-refractivity contribution in [1.82, 2.24) is 20.2 Å². The smallest absolute Gasteiger partial charge is 0.195 e. The second-order valence-corrected chi connectivity index (χ2v) is 10.8. The Morgan fingerprint density at radius 1 is 1.06 bits per heavy atom. The van der Waals surface area contributed by atoms with E-state index < -0.39 is 2.14 Å². The first-order chi connectivity index (χ1) is 8.05. The number of nitrogens with zero attached hydrogens (tertiary/aromatic N) is 4. The van der Waals surface area contributed by atoms with Crippen LogP contribution in [0.4, 0.5) is 0 Å². The third kappa shape index (κ3) is 5.79. The third-order valence-corrected chi connectivity index (χ3v) is 3.57. The molecular formula is C10H17Br3N4. The van der Waals surface area contributed by atoms with Gasteiger partial charge in [0.25, 0.3) is 0 Å². The highest BCUT2D eigenvalue weighted by atomic mass is 80.0. The summed E-state index contributed by atoms with van der Waals surface area (Å²) in [5.41, 5.74) is 0. The molecule has 0 N–H and O–H groups in total. The lowest BCUT2D eigenvalue weighted by Crippen LogP contribution is -2.12. The molecule has 1 heterocycles. The van der Waals surface area contributed by atoms with Crippen LogP contribution in [-0.2, 0) is 8.69 Å². The van der Waals surface area contributed by atoms with Gasteiger partial charge in [0.15, 0.2) is 7.97 Å². The SMILES string of the molecule is CCCCCCCCn1nnnc1C(Br)(Br)Br. The van der Waals surface area contributed by atoms with E-state index in [1.54, 1.807) is 0 Å². The average Bonchev–Trinajstić information content (AvgIpc) is 2.71. The number of hydrogen-bond acceptors (Lipinski definition) is 3. The van der Waals surface area contributed by atoms with E-state index in [4.69, 9.17) is 0 Å². The van der Waals surface area contributed by atoms with Crippen LogP contribution in [0.25, 0.3) is 0 Å². The average molecular weight is 433 g/mol. The number of aryl methyl sites for hydroxylation is 1. The number of halogens is 3. The van der Waals surface area contributed by atoms with E-state index in [9.17, 15) is 0 Å². The Labute approximate surface area is 127 Å². The molecule has 0 aliphatic heterocycles. The van der Waals surface area contributed by atoms with Gasteiger partial charge in [-0.1, -0.05) is 86.8 Å². The topological polar surface area (TPSA) is 43.6 Å². The molecule has 1 aromatic heterocycles. The first-order valence-corrected chi connectivity index (χ1v) is 8.27. The second kappa shape index (κ2) is 7.84. The summed E-state index contributed by atoms with van der Waals surface area (Å²) in [7, 11) is 0. The molecule has 17 heavy (non-hydrogen) atoms. The zero-order valence-electron chi connectivity index (χ0n) is 9.87. The highest BCUT2D eigenvalue weighted by Gasteiger charge is 2.28. The Hall–Kier alpha value is 0.510. The summed E-state index contributed by atoms with van der Waals surface area (Å²) in [6, 6.07) is 0. The summed E-state index contributed by atoms with van der Waals surface area (Å²) >= 11 is 10.3. The van der Waals surface area contributed by atoms with Crippen molar-refractivity contribution >= 4 is 47.8 Å². The summed E-state index contributed by atoms with van der Waals surface area (Å²) in [5, 5.41) is 11.6. The number of tetrazole rings is 1. The molecule has 0 fully saturated rings. The molecule has 0 saturated heterocycles. The van der Waals surface area contributed by atoms with E-state index >= 15 is 0 Å². The summed E-state index contributed by atoms with van der Waals surface area (Å²) in [6.07, 6.45) is 7.61. The minimum absolute atomic E-state index is 0.529. The van der Waals surface area contributed by atoms with Gasteiger partial charge in [-0.25, -0.2) is 4.68 Å². The summed E-state index contributed by atoms with van der Waals surface area (Å²) in [6.45, 7) is 3.09. The third-order valence-electron chi connectivity index (χ3n) is 2.51. The summed E-state index contributed by atoms with van der Waals surface area (Å²) < 4.78 is 1.29. The zero-order valence-corrected chi connectivity index (χ0v) is 14.6. The van der Waals surface area contributed by atoms with Crippen molar-refractivity contribution in [2.75, 3.05) is 0 Å². The molecule has 0 aliphatic rings. The maximum Gasteiger partial charge on any atom is 0.195 e. The van der Waals surface area contributed by atoms with Crippen molar-refractivity contribution in [3.05, 3.63) is 5.82 Å². The monoisotopic (exact) mass is 430 g/mol. The lowest BCUT2D eigenvalue weighted by Gasteiger charge is -2.11. The quantitative estimate of drug-likeness (QED) is 0.475. The van der Waals surface area contributed by atoms with Crippen LogP contribution in [0.1, 0.15) is 51.3 Å². The molecule has 0 aliphatic carbocycles. The number of aromatic nitrogens is 4. The molecule has 1 rings (SSSR count). The minimum Gasteiger partial charge on any atom is -0.227 e. The molecule has 0 amide bonds. The molecule has 0 aromatic carbocycles. The second-order valence-electron chi connectivity index (χ2n) is 3.99. The van der Waals surface area contributed by atoms with Crippen molar-refractivity contribution in [3.63, 3.8) is 0 Å². The van der Waals surface area contributed by atoms with Crippen LogP contribution in [0.15, 0.2) is 0 Å². The van der Waals surface area contributed by atoms with Crippen molar-refractivity contribution in [3.8, 4) is 0 Å². The molecule has 0 spiro atoms. The Morgan fingerprint density at radius 3 is 2.35 bits per heavy atom. The van der Waals surface area contributed by atoms with Crippen LogP contribution < -0.4 is 0 Å². The van der Waals surface area contributed by atoms with Gasteiger partial charge < -0.3 is 0 Å². The highest BCUT2D eigenvalue weighted by molar-refractivity contribution is 9.38. The van der Waals surface area contributed by atoms with Gasteiger partial charge >= 0.3 is 0 Å². The van der Waals surface area contributed by atoms with Crippen LogP contribution in [0.5, 0.6) is 0 Å². The fourth-order valence-corrected chi connectivity index (χ4v) is 2.45. The van der Waals surface area contributed by atoms with Crippen LogP contribution in [-0.4, -0.2) is 20.2 Å². The van der Waals surface area contributed by atoms with Gasteiger partial charge in [-0.2, -0.15) is 0 Å². The Kier molecular flexibility index (Phi) is 7.18. The summed E-state index contributed by atoms with van der Waals surface area (Å²) in [5.74, 6) is 0.742. The number of unbranched alkanes of at least 4 members (excludes halogenated alkanes) is 5. The highest BCUT2D eigenvalue weighted by Crippen LogP contribution is 2.42. The van der Waals surface area contributed by atoms with Gasteiger partial charge in [0.1, 0.15) is 0 Å². The Bertz CT molecular complexity index is 322. The van der Waals surface area contributed by atoms with E-state index in [1.807, 2.05) is 4.68 Å². The van der Waals surface area contributed by atoms with E-state index in [0.29, 0.717) is 0 Å². The first kappa shape index (κ1) is 15.6. The Morgan fingerprint density at radius 2 is 1.71 bits per heavy atom. The van der Waals surface area contributed by atoms with Crippen molar-refractivity contribution in [2.24, 2.45) is 0 Å². The molecule has 1 aromatic rings. The summed E-state index contributed by atoms with van der Waals surface area (Å²) in [4.78, 5) is 0. The van der Waals surface area contributed by atoms with Crippen LogP contribution in [0, 0.1) is 0 Å². The first-order valence-electron chi connectivity index (χ1n) is 5.89. The van der Waals surface area contributed by atoms with Gasteiger partial charge in [-0.05, 0) is 16.8 Å². The number of alkyl halides is 3. The number of hydrogen-bond donors (Lipinski definition) is 0. The van der Waals surface area contributed by atoms with E-state index in [2.05, 4.69) is 70.2 Å². The van der Waals surface area contributed by atoms with E-state index in [0.717, 1.165) is 18.8 Å². The number of rotatable bonds is 7. The lowest BCUT2D eigenvalue weighted by molar-refractivity contribution is 0.507. The standard InChI is InChI=1S/C10H17Br3N4/c1-2-3-4-5-6-7-8-17-9(10(11,12)13)14-15-16-17/h2-8H2,1H3. The van der Waals surface area contributed by atoms with E-state index in [1.165, 1.54) is 32.1 Å². The van der Waals surface area contributed by atoms with Gasteiger partial charge in [-0.15, -0.1) is 5.10 Å². The van der Waals surface area contributed by atoms with Crippen LogP contribution in [0.2, 0.25) is 0 Å². The van der Waals surface area contributed by atoms with Crippen molar-refractivity contribution in [2.45, 2.75) is 54.1 Å². The maximum absolute atomic E-state index is 3.98. The van der Waals surface area contributed by atoms with Crippen molar-refractivity contribution in [1.29, 1.82) is 0 Å². The molecular weight excluding hydrogens is 416 g/mol. The predicted octanol–water partition coefficient (Wildman–Crippen LogP) is 4.33. The fourth-order valence-electron chi connectivity index (χ4n) is 1.60. The molecule has 0 radical (unpaired) electrons. The van der Waals surface area contributed by atoms with Gasteiger partial charge in [-0.3, -0.25) is 0 Å². The van der Waals surface area contributed by atoms with Gasteiger partial charge in [0.05, 0.1) is 0 Å². The largest absolute Gasteiger partial charge is 0.227 e. The fraction of sp³-hybridized carbons (Fsp3) is 0.900. The molecule has 7 heteroatoms. The Balaban J connectivity index is 2.30. The van der Waals surface area contributed by atoms with Gasteiger partial charge in [0.2, 0.25) is 0 Å². The van der Waals surface area contributed by atoms with Gasteiger partial charge in [0, 0.05) is 6.54 Å². The lowest BCUT2D eigenvalue weighted by atomic mass is 10.1. The van der Waals surface area contributed by atoms with Crippen LogP contribution in [0.3, 0.4) is 0 Å². The maximum atomic E-state index is 3.98.